The molecule has 0 aromatic carbocycles. The number of hydrogen-bond donors (Lipinski definition) is 12. The second kappa shape index (κ2) is 13.4. The Morgan fingerprint density at radius 3 is 0.333 bits per heavy atom. The van der Waals surface area contributed by atoms with Gasteiger partial charge >= 0.3 is 31.3 Å². The molecule has 0 aliphatic carbocycles. The summed E-state index contributed by atoms with van der Waals surface area (Å²) in [5.74, 6) is 0. The summed E-state index contributed by atoms with van der Waals surface area (Å²) < 4.78 is 35.5. The fraction of sp³-hybridized carbons (Fsp3) is 0. The van der Waals surface area contributed by atoms with Gasteiger partial charge in [0.2, 0.25) is 0 Å². The maximum Gasteiger partial charge on any atom is 0.466 e. The van der Waals surface area contributed by atoms with Gasteiger partial charge in [-0.25, -0.2) is 18.3 Å². The molecule has 134 valence electrons. The second-order valence-corrected chi connectivity index (χ2v) is 6.16. The third kappa shape index (κ3) is 7980. The summed E-state index contributed by atoms with van der Waals surface area (Å²) in [6.45, 7) is 0. The minimum absolute atomic E-state index is 0. The van der Waals surface area contributed by atoms with Gasteiger partial charge < -0.3 is 58.7 Å². The molecule has 0 bridgehead atoms. The average molecular weight is 422 g/mol. The van der Waals surface area contributed by atoms with Crippen molar-refractivity contribution in [2.24, 2.45) is 0 Å². The van der Waals surface area contributed by atoms with Crippen LogP contribution in [0.2, 0.25) is 0 Å². The van der Waals surface area contributed by atoms with E-state index in [9.17, 15) is 0 Å². The Balaban J connectivity index is -0.0000000533. The summed E-state index contributed by atoms with van der Waals surface area (Å²) in [7, 11) is -18.6. The largest absolute Gasteiger partial charge is 0.466 e. The lowest BCUT2D eigenvalue weighted by Gasteiger charge is -1.82. The van der Waals surface area contributed by atoms with Crippen molar-refractivity contribution in [2.75, 3.05) is 0 Å². The van der Waals surface area contributed by atoms with Gasteiger partial charge in [-0.2, -0.15) is 0 Å². The molecule has 0 fully saturated rings. The van der Waals surface area contributed by atoms with Crippen LogP contribution in [0, 0.1) is 0 Å². The molecule has 12 N–H and O–H groups in total. The predicted octanol–water partition coefficient (Wildman–Crippen LogP) is -4.90. The Morgan fingerprint density at radius 1 is 0.333 bits per heavy atom. The van der Waals surface area contributed by atoms with Crippen molar-refractivity contribution in [3.05, 3.63) is 0 Å². The molecule has 0 spiro atoms. The van der Waals surface area contributed by atoms with Crippen molar-refractivity contribution < 1.29 is 77.0 Å². The van der Waals surface area contributed by atoms with E-state index in [4.69, 9.17) is 77.0 Å². The smallest absolute Gasteiger partial charge is 0.303 e. The van der Waals surface area contributed by atoms with Crippen LogP contribution in [0.15, 0.2) is 0 Å². The minimum Gasteiger partial charge on any atom is -0.303 e. The molecular weight excluding hydrogens is 407 g/mol. The van der Waals surface area contributed by atoms with Crippen molar-refractivity contribution in [1.82, 2.24) is 0 Å². The minimum atomic E-state index is -4.64. The highest BCUT2D eigenvalue weighted by Gasteiger charge is 2.01. The monoisotopic (exact) mass is 422 g/mol. The van der Waals surface area contributed by atoms with Gasteiger partial charge in [-0.15, -0.1) is 0 Å². The van der Waals surface area contributed by atoms with Crippen LogP contribution in [0.1, 0.15) is 0 Å². The molecule has 0 rings (SSSR count). The Morgan fingerprint density at radius 2 is 0.333 bits per heavy atom. The molecule has 0 aromatic heterocycles. The van der Waals surface area contributed by atoms with E-state index in [-0.39, 0.29) is 17.4 Å². The molecule has 21 heteroatoms. The number of rotatable bonds is 0. The molecule has 0 saturated heterocycles. The third-order valence-electron chi connectivity index (χ3n) is 0. The van der Waals surface area contributed by atoms with Gasteiger partial charge in [0.25, 0.3) is 0 Å². The fourth-order valence-corrected chi connectivity index (χ4v) is 0. The Labute approximate surface area is 126 Å². The van der Waals surface area contributed by atoms with Gasteiger partial charge in [-0.05, 0) is 0 Å². The Hall–Kier alpha value is 0.972. The molecule has 0 heterocycles. The first-order valence-corrected chi connectivity index (χ1v) is 9.39. The van der Waals surface area contributed by atoms with Crippen LogP contribution in [0.25, 0.3) is 0 Å². The summed E-state index contributed by atoms with van der Waals surface area (Å²) in [6, 6.07) is 0. The van der Waals surface area contributed by atoms with Crippen LogP contribution < -0.4 is 0 Å². The molecule has 0 aliphatic rings. The lowest BCUT2D eigenvalue weighted by Crippen LogP contribution is -1.66. The van der Waals surface area contributed by atoms with E-state index in [1.165, 1.54) is 0 Å². The molecule has 21 heavy (non-hydrogen) atoms. The second-order valence-electron chi connectivity index (χ2n) is 2.05. The zero-order valence-corrected chi connectivity index (χ0v) is 12.4. The summed E-state index contributed by atoms with van der Waals surface area (Å²) in [5.41, 5.74) is 0. The summed E-state index contributed by atoms with van der Waals surface area (Å²) in [5, 5.41) is 0. The van der Waals surface area contributed by atoms with Gasteiger partial charge in [-0.3, -0.25) is 0 Å². The first-order valence-electron chi connectivity index (χ1n) is 3.13. The summed E-state index contributed by atoms with van der Waals surface area (Å²) in [4.78, 5) is 86.2. The SMILES string of the molecule is O=P(O)(O)O.O=P(O)(O)O.O=P(O)(O)O.O=P(O)(O)O.[AlH3]. The predicted molar refractivity (Wildman–Crippen MR) is 67.0 cm³/mol. The highest BCUT2D eigenvalue weighted by molar-refractivity contribution is 7.45. The molecule has 0 aliphatic heterocycles. The van der Waals surface area contributed by atoms with Crippen LogP contribution in [0.4, 0.5) is 0 Å². The van der Waals surface area contributed by atoms with E-state index in [1.54, 1.807) is 0 Å². The molecule has 0 amide bonds. The Kier molecular flexibility index (Phi) is 21.4. The van der Waals surface area contributed by atoms with Crippen LogP contribution >= 0.6 is 31.3 Å². The van der Waals surface area contributed by atoms with Gasteiger partial charge in [0.05, 0.1) is 0 Å². The third-order valence-corrected chi connectivity index (χ3v) is 0. The molecule has 16 nitrogen and oxygen atoms in total. The van der Waals surface area contributed by atoms with Crippen molar-refractivity contribution in [3.63, 3.8) is 0 Å². The van der Waals surface area contributed by atoms with E-state index in [0.29, 0.717) is 0 Å². The number of phosphoric acid groups is 4. The molecule has 0 unspecified atom stereocenters. The lowest BCUT2D eigenvalue weighted by molar-refractivity contribution is 0.272. The highest BCUT2D eigenvalue weighted by atomic mass is 31.2. The fourth-order valence-electron chi connectivity index (χ4n) is 0. The van der Waals surface area contributed by atoms with Crippen molar-refractivity contribution in [3.8, 4) is 0 Å². The van der Waals surface area contributed by atoms with E-state index in [2.05, 4.69) is 0 Å². The van der Waals surface area contributed by atoms with E-state index in [1.807, 2.05) is 0 Å². The summed E-state index contributed by atoms with van der Waals surface area (Å²) in [6.07, 6.45) is 0. The van der Waals surface area contributed by atoms with E-state index in [0.717, 1.165) is 0 Å². The van der Waals surface area contributed by atoms with Crippen LogP contribution in [-0.4, -0.2) is 76.1 Å². The average Bonchev–Trinajstić information content (AvgIpc) is 1.62. The van der Waals surface area contributed by atoms with Crippen molar-refractivity contribution in [1.29, 1.82) is 0 Å². The van der Waals surface area contributed by atoms with Crippen LogP contribution in [0.5, 0.6) is 0 Å². The first-order chi connectivity index (χ1) is 8.00. The quantitative estimate of drug-likeness (QED) is 0.128. The molecule has 0 radical (unpaired) electrons. The molecule has 0 saturated carbocycles. The molecular formula is H15AlO16P4. The highest BCUT2D eigenvalue weighted by Crippen LogP contribution is 2.27. The van der Waals surface area contributed by atoms with Crippen LogP contribution in [0.3, 0.4) is 0 Å². The van der Waals surface area contributed by atoms with Gasteiger partial charge in [0.1, 0.15) is 0 Å². The van der Waals surface area contributed by atoms with Crippen molar-refractivity contribution >= 4 is 48.7 Å². The first kappa shape index (κ1) is 33.5. The normalized spacial score (nSPS) is 11.2. The molecule has 0 aromatic rings. The van der Waals surface area contributed by atoms with E-state index >= 15 is 0 Å². The van der Waals surface area contributed by atoms with Crippen molar-refractivity contribution in [2.45, 2.75) is 0 Å². The van der Waals surface area contributed by atoms with Gasteiger partial charge in [-0.1, -0.05) is 0 Å². The van der Waals surface area contributed by atoms with E-state index < -0.39 is 31.3 Å². The topological polar surface area (TPSA) is 311 Å². The lowest BCUT2D eigenvalue weighted by atomic mass is 15.8. The van der Waals surface area contributed by atoms with Gasteiger partial charge in [0.15, 0.2) is 17.4 Å². The summed E-state index contributed by atoms with van der Waals surface area (Å²) >= 11 is 0. The maximum absolute atomic E-state index is 8.88. The Bertz CT molecular complexity index is 285. The maximum atomic E-state index is 8.88. The molecule has 0 atom stereocenters. The standard InChI is InChI=1S/Al.4H3O4P.3H/c;4*1-5(2,3)4;;;/h;4*(H3,1,2,3,4);;;. The zero-order chi connectivity index (χ0) is 18.0. The zero-order valence-electron chi connectivity index (χ0n) is 8.79. The van der Waals surface area contributed by atoms with Crippen LogP contribution in [-0.2, 0) is 18.3 Å². The van der Waals surface area contributed by atoms with Gasteiger partial charge in [0, 0.05) is 0 Å². The number of hydrogen-bond acceptors (Lipinski definition) is 4.